The second-order valence-electron chi connectivity index (χ2n) is 5.05. The van der Waals surface area contributed by atoms with Crippen LogP contribution in [0.5, 0.6) is 0 Å². The minimum atomic E-state index is -0.0768. The molecule has 1 aliphatic heterocycles. The molecular weight excluding hydrogens is 260 g/mol. The summed E-state index contributed by atoms with van der Waals surface area (Å²) in [5.41, 5.74) is 0. The molecule has 2 aliphatic rings. The van der Waals surface area contributed by atoms with Crippen LogP contribution in [0.2, 0.25) is 0 Å². The molecule has 3 rings (SSSR count). The largest absolute Gasteiger partial charge is 0.352 e. The Bertz CT molecular complexity index is 477. The quantitative estimate of drug-likeness (QED) is 0.845. The Morgan fingerprint density at radius 3 is 3.00 bits per heavy atom. The van der Waals surface area contributed by atoms with Gasteiger partial charge < -0.3 is 10.2 Å². The molecule has 102 valence electrons. The van der Waals surface area contributed by atoms with Crippen LogP contribution in [0.25, 0.3) is 0 Å². The number of carbonyl (C=O) groups is 1. The zero-order valence-corrected chi connectivity index (χ0v) is 11.8. The van der Waals surface area contributed by atoms with Gasteiger partial charge in [0, 0.05) is 12.6 Å². The molecule has 0 bridgehead atoms. The van der Waals surface area contributed by atoms with Crippen molar-refractivity contribution >= 4 is 23.5 Å². The summed E-state index contributed by atoms with van der Waals surface area (Å²) in [5.74, 6) is 0.969. The first-order chi connectivity index (χ1) is 9.28. The van der Waals surface area contributed by atoms with Crippen LogP contribution in [0.3, 0.4) is 0 Å². The van der Waals surface area contributed by atoms with Crippen molar-refractivity contribution in [3.05, 3.63) is 12.4 Å². The maximum absolute atomic E-state index is 12.2. The fourth-order valence-electron chi connectivity index (χ4n) is 2.41. The van der Waals surface area contributed by atoms with E-state index in [-0.39, 0.29) is 11.9 Å². The third kappa shape index (κ3) is 2.83. The average Bonchev–Trinajstić information content (AvgIpc) is 3.11. The summed E-state index contributed by atoms with van der Waals surface area (Å²) >= 11 is 1.57. The summed E-state index contributed by atoms with van der Waals surface area (Å²) in [5, 5.41) is 3.98. The van der Waals surface area contributed by atoms with E-state index in [9.17, 15) is 4.79 Å². The normalized spacial score (nSPS) is 22.6. The number of hydrogen-bond acceptors (Lipinski definition) is 5. The van der Waals surface area contributed by atoms with Gasteiger partial charge in [0.2, 0.25) is 5.91 Å². The highest BCUT2D eigenvalue weighted by atomic mass is 32.2. The lowest BCUT2D eigenvalue weighted by Crippen LogP contribution is -2.44. The first kappa shape index (κ1) is 12.7. The average molecular weight is 278 g/mol. The van der Waals surface area contributed by atoms with Gasteiger partial charge in [-0.25, -0.2) is 4.98 Å². The fourth-order valence-corrected chi connectivity index (χ4v) is 2.76. The lowest BCUT2D eigenvalue weighted by molar-refractivity contribution is -0.122. The molecule has 0 aromatic carbocycles. The second kappa shape index (κ2) is 5.36. The summed E-state index contributed by atoms with van der Waals surface area (Å²) in [6.07, 6.45) is 9.68. The Morgan fingerprint density at radius 1 is 1.42 bits per heavy atom. The Balaban J connectivity index is 1.75. The van der Waals surface area contributed by atoms with Gasteiger partial charge in [0.05, 0.1) is 12.4 Å². The minimum Gasteiger partial charge on any atom is -0.352 e. The molecule has 1 saturated carbocycles. The molecule has 1 aliphatic carbocycles. The maximum atomic E-state index is 12.2. The molecule has 0 spiro atoms. The van der Waals surface area contributed by atoms with Crippen molar-refractivity contribution in [3.63, 3.8) is 0 Å². The molecule has 1 aromatic rings. The number of nitrogens with one attached hydrogen (secondary N) is 1. The van der Waals surface area contributed by atoms with E-state index in [0.717, 1.165) is 43.1 Å². The van der Waals surface area contributed by atoms with Crippen LogP contribution in [0, 0.1) is 0 Å². The Hall–Kier alpha value is -1.30. The van der Waals surface area contributed by atoms with Gasteiger partial charge in [0.15, 0.2) is 0 Å². The molecular formula is C13H18N4OS. The van der Waals surface area contributed by atoms with Crippen molar-refractivity contribution < 1.29 is 4.79 Å². The van der Waals surface area contributed by atoms with Crippen LogP contribution < -0.4 is 10.2 Å². The van der Waals surface area contributed by atoms with Gasteiger partial charge in [-0.15, -0.1) is 11.8 Å². The molecule has 1 N–H and O–H groups in total. The van der Waals surface area contributed by atoms with Gasteiger partial charge in [-0.1, -0.05) is 0 Å². The van der Waals surface area contributed by atoms with E-state index in [1.54, 1.807) is 24.2 Å². The van der Waals surface area contributed by atoms with Gasteiger partial charge in [-0.05, 0) is 31.9 Å². The Kier molecular flexibility index (Phi) is 3.59. The number of carbonyl (C=O) groups excluding carboxylic acids is 1. The van der Waals surface area contributed by atoms with Gasteiger partial charge in [0.25, 0.3) is 0 Å². The predicted octanol–water partition coefficient (Wildman–Crippen LogP) is 1.45. The maximum Gasteiger partial charge on any atom is 0.242 e. The summed E-state index contributed by atoms with van der Waals surface area (Å²) < 4.78 is 0. The van der Waals surface area contributed by atoms with Crippen molar-refractivity contribution in [3.8, 4) is 0 Å². The number of rotatable bonds is 4. The van der Waals surface area contributed by atoms with Crippen molar-refractivity contribution in [2.45, 2.75) is 42.8 Å². The third-order valence-corrected chi connectivity index (χ3v) is 4.20. The standard InChI is InChI=1S/C13H18N4OS/c1-19-12-8-14-7-11(16-12)17-6-2-3-10(17)13(18)15-9-4-5-9/h7-10H,2-6H2,1H3,(H,15,18). The van der Waals surface area contributed by atoms with Crippen LogP contribution in [-0.4, -0.2) is 40.8 Å². The van der Waals surface area contributed by atoms with Crippen LogP contribution in [0.4, 0.5) is 5.82 Å². The monoisotopic (exact) mass is 278 g/mol. The van der Waals surface area contributed by atoms with Crippen LogP contribution in [0.15, 0.2) is 17.4 Å². The van der Waals surface area contributed by atoms with Gasteiger partial charge in [-0.3, -0.25) is 9.78 Å². The van der Waals surface area contributed by atoms with Crippen LogP contribution >= 0.6 is 11.8 Å². The zero-order valence-electron chi connectivity index (χ0n) is 11.0. The summed E-state index contributed by atoms with van der Waals surface area (Å²) in [6, 6.07) is 0.338. The van der Waals surface area contributed by atoms with Crippen molar-refractivity contribution in [2.75, 3.05) is 17.7 Å². The van der Waals surface area contributed by atoms with Crippen LogP contribution in [0.1, 0.15) is 25.7 Å². The number of nitrogens with zero attached hydrogens (tertiary/aromatic N) is 3. The fraction of sp³-hybridized carbons (Fsp3) is 0.615. The first-order valence-corrected chi connectivity index (χ1v) is 7.93. The van der Waals surface area contributed by atoms with E-state index in [1.165, 1.54) is 0 Å². The number of hydrogen-bond donors (Lipinski definition) is 1. The van der Waals surface area contributed by atoms with Gasteiger partial charge in [0.1, 0.15) is 16.9 Å². The zero-order chi connectivity index (χ0) is 13.2. The molecule has 1 atom stereocenters. The molecule has 2 heterocycles. The predicted molar refractivity (Wildman–Crippen MR) is 75.3 cm³/mol. The number of aromatic nitrogens is 2. The highest BCUT2D eigenvalue weighted by Gasteiger charge is 2.34. The Labute approximate surface area is 117 Å². The van der Waals surface area contributed by atoms with Crippen molar-refractivity contribution in [1.29, 1.82) is 0 Å². The number of anilines is 1. The summed E-state index contributed by atoms with van der Waals surface area (Å²) in [4.78, 5) is 23.1. The lowest BCUT2D eigenvalue weighted by Gasteiger charge is -2.24. The number of amides is 1. The molecule has 0 radical (unpaired) electrons. The molecule has 19 heavy (non-hydrogen) atoms. The lowest BCUT2D eigenvalue weighted by atomic mass is 10.2. The van der Waals surface area contributed by atoms with Crippen molar-refractivity contribution in [1.82, 2.24) is 15.3 Å². The molecule has 1 aromatic heterocycles. The van der Waals surface area contributed by atoms with E-state index in [4.69, 9.17) is 0 Å². The highest BCUT2D eigenvalue weighted by Crippen LogP contribution is 2.26. The minimum absolute atomic E-state index is 0.0768. The molecule has 6 heteroatoms. The second-order valence-corrected chi connectivity index (χ2v) is 5.88. The molecule has 1 unspecified atom stereocenters. The molecule has 1 amide bonds. The molecule has 2 fully saturated rings. The van der Waals surface area contributed by atoms with E-state index < -0.39 is 0 Å². The first-order valence-electron chi connectivity index (χ1n) is 6.71. The van der Waals surface area contributed by atoms with E-state index in [0.29, 0.717) is 6.04 Å². The summed E-state index contributed by atoms with van der Waals surface area (Å²) in [7, 11) is 0. The topological polar surface area (TPSA) is 58.1 Å². The Morgan fingerprint density at radius 2 is 2.26 bits per heavy atom. The highest BCUT2D eigenvalue weighted by molar-refractivity contribution is 7.98. The van der Waals surface area contributed by atoms with Gasteiger partial charge >= 0.3 is 0 Å². The molecule has 1 saturated heterocycles. The SMILES string of the molecule is CSc1cncc(N2CCCC2C(=O)NC2CC2)n1. The van der Waals surface area contributed by atoms with E-state index in [1.807, 2.05) is 6.26 Å². The molecule has 5 nitrogen and oxygen atoms in total. The summed E-state index contributed by atoms with van der Waals surface area (Å²) in [6.45, 7) is 0.884. The third-order valence-electron chi connectivity index (χ3n) is 3.58. The van der Waals surface area contributed by atoms with E-state index >= 15 is 0 Å². The van der Waals surface area contributed by atoms with E-state index in [2.05, 4.69) is 20.2 Å². The smallest absolute Gasteiger partial charge is 0.242 e. The van der Waals surface area contributed by atoms with Crippen LogP contribution in [-0.2, 0) is 4.79 Å². The van der Waals surface area contributed by atoms with Crippen molar-refractivity contribution in [2.24, 2.45) is 0 Å². The van der Waals surface area contributed by atoms with Gasteiger partial charge in [-0.2, -0.15) is 0 Å². The number of thioether (sulfide) groups is 1.